The zero-order valence-electron chi connectivity index (χ0n) is 17.9. The van der Waals surface area contributed by atoms with Gasteiger partial charge in [0.15, 0.2) is 0 Å². The molecule has 30 heavy (non-hydrogen) atoms. The number of hydrogen-bond acceptors (Lipinski definition) is 5. The number of aromatic nitrogens is 2. The van der Waals surface area contributed by atoms with Crippen LogP contribution in [-0.2, 0) is 6.42 Å². The van der Waals surface area contributed by atoms with Crippen LogP contribution in [0.3, 0.4) is 0 Å². The van der Waals surface area contributed by atoms with E-state index in [4.69, 9.17) is 0 Å². The van der Waals surface area contributed by atoms with E-state index in [-0.39, 0.29) is 5.91 Å². The first-order valence-electron chi connectivity index (χ1n) is 10.4. The van der Waals surface area contributed by atoms with Gasteiger partial charge < -0.3 is 15.5 Å². The number of benzene rings is 2. The van der Waals surface area contributed by atoms with Crippen LogP contribution in [0.15, 0.2) is 60.9 Å². The lowest BCUT2D eigenvalue weighted by molar-refractivity contribution is 0.102. The number of likely N-dealkylation sites (N-methyl/N-ethyl adjacent to an activating group) is 1. The zero-order valence-corrected chi connectivity index (χ0v) is 17.9. The molecule has 0 fully saturated rings. The van der Waals surface area contributed by atoms with Gasteiger partial charge in [-0.3, -0.25) is 4.79 Å². The Morgan fingerprint density at radius 1 is 1.00 bits per heavy atom. The molecule has 3 rings (SSSR count). The molecule has 3 aromatic rings. The molecule has 1 aromatic heterocycles. The van der Waals surface area contributed by atoms with Crippen LogP contribution in [0.25, 0.3) is 0 Å². The lowest BCUT2D eigenvalue weighted by Crippen LogP contribution is -2.25. The maximum Gasteiger partial charge on any atom is 0.255 e. The van der Waals surface area contributed by atoms with Crippen molar-refractivity contribution in [2.24, 2.45) is 0 Å². The molecule has 0 saturated heterocycles. The molecule has 1 amide bonds. The van der Waals surface area contributed by atoms with Crippen molar-refractivity contribution >= 4 is 23.2 Å². The van der Waals surface area contributed by atoms with E-state index in [2.05, 4.69) is 51.5 Å². The third-order valence-electron chi connectivity index (χ3n) is 5.13. The highest BCUT2D eigenvalue weighted by Crippen LogP contribution is 2.21. The number of aryl methyl sites for hydroxylation is 1. The maximum atomic E-state index is 12.7. The topological polar surface area (TPSA) is 70.2 Å². The molecule has 156 valence electrons. The lowest BCUT2D eigenvalue weighted by atomic mass is 10.1. The van der Waals surface area contributed by atoms with Gasteiger partial charge in [0.25, 0.3) is 5.91 Å². The van der Waals surface area contributed by atoms with Gasteiger partial charge in [-0.25, -0.2) is 9.97 Å². The molecule has 6 nitrogen and oxygen atoms in total. The predicted molar refractivity (Wildman–Crippen MR) is 122 cm³/mol. The van der Waals surface area contributed by atoms with Crippen LogP contribution in [0.1, 0.15) is 35.3 Å². The molecule has 0 aliphatic heterocycles. The van der Waals surface area contributed by atoms with E-state index in [0.29, 0.717) is 11.5 Å². The number of rotatable bonds is 9. The number of amides is 1. The normalized spacial score (nSPS) is 10.8. The summed E-state index contributed by atoms with van der Waals surface area (Å²) in [4.78, 5) is 23.5. The summed E-state index contributed by atoms with van der Waals surface area (Å²) in [5.74, 6) is 0.348. The molecule has 0 atom stereocenters. The Kier molecular flexibility index (Phi) is 7.51. The summed E-state index contributed by atoms with van der Waals surface area (Å²) in [7, 11) is 0. The molecule has 1 heterocycles. The molecule has 0 saturated carbocycles. The average Bonchev–Trinajstić information content (AvgIpc) is 2.77. The van der Waals surface area contributed by atoms with Gasteiger partial charge in [0, 0.05) is 35.9 Å². The highest BCUT2D eigenvalue weighted by atomic mass is 16.1. The standard InChI is InChI=1S/C24H29N5O/c1-4-29(5-2)16-13-19-8-11-21(12-9-19)27-23(30)20-10-7-18(3)22(17-20)28-24-25-14-6-15-26-24/h6-12,14-15,17H,4-5,13,16H2,1-3H3,(H,27,30)(H,25,26,28). The largest absolute Gasteiger partial charge is 0.324 e. The second-order valence-electron chi connectivity index (χ2n) is 7.16. The predicted octanol–water partition coefficient (Wildman–Crippen LogP) is 4.67. The first-order chi connectivity index (χ1) is 14.6. The van der Waals surface area contributed by atoms with E-state index in [9.17, 15) is 4.79 Å². The van der Waals surface area contributed by atoms with Gasteiger partial charge in [0.1, 0.15) is 0 Å². The SMILES string of the molecule is CCN(CC)CCc1ccc(NC(=O)c2ccc(C)c(Nc3ncccn3)c2)cc1. The lowest BCUT2D eigenvalue weighted by Gasteiger charge is -2.17. The Labute approximate surface area is 178 Å². The summed E-state index contributed by atoms with van der Waals surface area (Å²) in [5.41, 5.74) is 4.44. The van der Waals surface area contributed by atoms with Crippen molar-refractivity contribution < 1.29 is 4.79 Å². The molecule has 2 aromatic carbocycles. The van der Waals surface area contributed by atoms with Crippen LogP contribution >= 0.6 is 0 Å². The Balaban J connectivity index is 1.63. The van der Waals surface area contributed by atoms with Crippen LogP contribution in [0.5, 0.6) is 0 Å². The molecule has 6 heteroatoms. The maximum absolute atomic E-state index is 12.7. The van der Waals surface area contributed by atoms with E-state index in [0.717, 1.165) is 43.0 Å². The fraction of sp³-hybridized carbons (Fsp3) is 0.292. The third-order valence-corrected chi connectivity index (χ3v) is 5.13. The smallest absolute Gasteiger partial charge is 0.255 e. The van der Waals surface area contributed by atoms with Crippen molar-refractivity contribution in [3.05, 3.63) is 77.6 Å². The Morgan fingerprint density at radius 2 is 1.70 bits per heavy atom. The molecule has 0 spiro atoms. The second-order valence-corrected chi connectivity index (χ2v) is 7.16. The van der Waals surface area contributed by atoms with Crippen LogP contribution in [0, 0.1) is 6.92 Å². The fourth-order valence-electron chi connectivity index (χ4n) is 3.17. The first kappa shape index (κ1) is 21.5. The van der Waals surface area contributed by atoms with E-state index in [1.54, 1.807) is 18.5 Å². The van der Waals surface area contributed by atoms with Gasteiger partial charge in [0.2, 0.25) is 5.95 Å². The number of nitrogens with zero attached hydrogens (tertiary/aromatic N) is 3. The molecule has 0 radical (unpaired) electrons. The molecule has 2 N–H and O–H groups in total. The highest BCUT2D eigenvalue weighted by molar-refractivity contribution is 6.05. The summed E-state index contributed by atoms with van der Waals surface area (Å²) in [6.45, 7) is 9.51. The fourth-order valence-corrected chi connectivity index (χ4v) is 3.17. The van der Waals surface area contributed by atoms with Gasteiger partial charge in [-0.2, -0.15) is 0 Å². The van der Waals surface area contributed by atoms with E-state index in [1.807, 2.05) is 37.3 Å². The van der Waals surface area contributed by atoms with Gasteiger partial charge in [-0.1, -0.05) is 32.0 Å². The van der Waals surface area contributed by atoms with Crippen molar-refractivity contribution in [3.8, 4) is 0 Å². The minimum Gasteiger partial charge on any atom is -0.324 e. The van der Waals surface area contributed by atoms with Crippen molar-refractivity contribution in [2.75, 3.05) is 30.3 Å². The van der Waals surface area contributed by atoms with Gasteiger partial charge in [-0.15, -0.1) is 0 Å². The summed E-state index contributed by atoms with van der Waals surface area (Å²) >= 11 is 0. The molecular formula is C24H29N5O. The Bertz CT molecular complexity index is 953. The van der Waals surface area contributed by atoms with Crippen LogP contribution < -0.4 is 10.6 Å². The molecular weight excluding hydrogens is 374 g/mol. The van der Waals surface area contributed by atoms with Gasteiger partial charge in [0.05, 0.1) is 0 Å². The number of carbonyl (C=O) groups excluding carboxylic acids is 1. The van der Waals surface area contributed by atoms with E-state index >= 15 is 0 Å². The van der Waals surface area contributed by atoms with E-state index < -0.39 is 0 Å². The number of hydrogen-bond donors (Lipinski definition) is 2. The molecule has 0 unspecified atom stereocenters. The summed E-state index contributed by atoms with van der Waals surface area (Å²) in [6, 6.07) is 15.4. The highest BCUT2D eigenvalue weighted by Gasteiger charge is 2.10. The summed E-state index contributed by atoms with van der Waals surface area (Å²) in [5, 5.41) is 6.14. The molecule has 0 bridgehead atoms. The Morgan fingerprint density at radius 3 is 2.37 bits per heavy atom. The van der Waals surface area contributed by atoms with Crippen LogP contribution in [0.2, 0.25) is 0 Å². The summed E-state index contributed by atoms with van der Waals surface area (Å²) < 4.78 is 0. The second kappa shape index (κ2) is 10.5. The summed E-state index contributed by atoms with van der Waals surface area (Å²) in [6.07, 6.45) is 4.35. The third kappa shape index (κ3) is 5.87. The number of carbonyl (C=O) groups is 1. The molecule has 0 aliphatic rings. The minimum atomic E-state index is -0.150. The van der Waals surface area contributed by atoms with Crippen molar-refractivity contribution in [3.63, 3.8) is 0 Å². The van der Waals surface area contributed by atoms with E-state index in [1.165, 1.54) is 5.56 Å². The van der Waals surface area contributed by atoms with Gasteiger partial charge in [-0.05, 0) is 67.9 Å². The van der Waals surface area contributed by atoms with Crippen LogP contribution in [-0.4, -0.2) is 40.4 Å². The number of anilines is 3. The van der Waals surface area contributed by atoms with Crippen molar-refractivity contribution in [1.82, 2.24) is 14.9 Å². The Hall–Kier alpha value is -3.25. The number of nitrogens with one attached hydrogen (secondary N) is 2. The minimum absolute atomic E-state index is 0.150. The average molecular weight is 404 g/mol. The van der Waals surface area contributed by atoms with Crippen LogP contribution in [0.4, 0.5) is 17.3 Å². The van der Waals surface area contributed by atoms with Gasteiger partial charge >= 0.3 is 0 Å². The van der Waals surface area contributed by atoms with Crippen molar-refractivity contribution in [2.45, 2.75) is 27.2 Å². The first-order valence-corrected chi connectivity index (χ1v) is 10.4. The molecule has 0 aliphatic carbocycles. The monoisotopic (exact) mass is 403 g/mol. The quantitative estimate of drug-likeness (QED) is 0.543. The van der Waals surface area contributed by atoms with Crippen molar-refractivity contribution in [1.29, 1.82) is 0 Å². The zero-order chi connectivity index (χ0) is 21.3.